The average molecular weight is 749 g/mol. The van der Waals surface area contributed by atoms with Crippen LogP contribution in [0.2, 0.25) is 0 Å². The first-order chi connectivity index (χ1) is 26.0. The van der Waals surface area contributed by atoms with E-state index in [1.807, 2.05) is 12.1 Å². The fourth-order valence-electron chi connectivity index (χ4n) is 7.91. The molecular formula is C33H36N10O11. The van der Waals surface area contributed by atoms with Crippen LogP contribution in [0, 0.1) is 22.7 Å². The van der Waals surface area contributed by atoms with Gasteiger partial charge in [-0.15, -0.1) is 0 Å². The molecule has 21 nitrogen and oxygen atoms in total. The van der Waals surface area contributed by atoms with Crippen LogP contribution in [0.5, 0.6) is 0 Å². The first-order valence-electron chi connectivity index (χ1n) is 17.2. The Morgan fingerprint density at radius 2 is 1.19 bits per heavy atom. The van der Waals surface area contributed by atoms with Gasteiger partial charge < -0.3 is 60.3 Å². The maximum absolute atomic E-state index is 13.1. The van der Waals surface area contributed by atoms with Crippen molar-refractivity contribution >= 4 is 28.8 Å². The number of aliphatic hydroxyl groups excluding tert-OH is 4. The lowest BCUT2D eigenvalue weighted by molar-refractivity contribution is -0.0884. The summed E-state index contributed by atoms with van der Waals surface area (Å²) in [6.45, 7) is 0.420. The lowest BCUT2D eigenvalue weighted by Crippen LogP contribution is -2.41. The third-order valence-corrected chi connectivity index (χ3v) is 10.7. The van der Waals surface area contributed by atoms with Gasteiger partial charge in [0.15, 0.2) is 11.6 Å². The Balaban J connectivity index is 0.907. The molecule has 284 valence electrons. The monoisotopic (exact) mass is 748 g/mol. The fraction of sp³-hybridized carbons (Fsp3) is 0.545. The van der Waals surface area contributed by atoms with Crippen LogP contribution in [0.4, 0.5) is 16.4 Å². The minimum absolute atomic E-state index is 0.0509. The molecule has 0 aromatic carbocycles. The maximum atomic E-state index is 13.1. The van der Waals surface area contributed by atoms with Gasteiger partial charge in [-0.2, -0.15) is 20.7 Å². The van der Waals surface area contributed by atoms with Crippen LogP contribution in [0.1, 0.15) is 37.1 Å². The topological polar surface area (TPSA) is 313 Å². The Bertz CT molecular complexity index is 2010. The van der Waals surface area contributed by atoms with Crippen molar-refractivity contribution in [3.05, 3.63) is 48.3 Å². The smallest absolute Gasteiger partial charge is 0.428 e. The second kappa shape index (κ2) is 13.6. The first kappa shape index (κ1) is 35.8. The largest absolute Gasteiger partial charge is 0.509 e. The summed E-state index contributed by atoms with van der Waals surface area (Å²) in [6.07, 6.45) is -9.99. The van der Waals surface area contributed by atoms with E-state index in [1.165, 1.54) is 33.8 Å². The van der Waals surface area contributed by atoms with E-state index in [9.17, 15) is 35.7 Å². The zero-order valence-corrected chi connectivity index (χ0v) is 28.4. The molecule has 4 fully saturated rings. The van der Waals surface area contributed by atoms with Gasteiger partial charge in [0.25, 0.3) is 0 Å². The molecule has 0 aliphatic carbocycles. The van der Waals surface area contributed by atoms with E-state index in [2.05, 4.69) is 20.2 Å². The van der Waals surface area contributed by atoms with Crippen LogP contribution in [-0.4, -0.2) is 130 Å². The summed E-state index contributed by atoms with van der Waals surface area (Å²) >= 11 is 0. The molecular weight excluding hydrogens is 712 g/mol. The summed E-state index contributed by atoms with van der Waals surface area (Å²) in [7, 11) is 0. The molecule has 4 unspecified atom stereocenters. The molecule has 0 radical (unpaired) electrons. The van der Waals surface area contributed by atoms with Crippen molar-refractivity contribution in [2.24, 2.45) is 0 Å². The molecule has 4 aliphatic rings. The van der Waals surface area contributed by atoms with Crippen LogP contribution in [-0.2, 0) is 39.6 Å². The molecule has 12 atom stereocenters. The average Bonchev–Trinajstić information content (AvgIpc) is 4.03. The Hall–Kier alpha value is -5.23. The van der Waals surface area contributed by atoms with Gasteiger partial charge in [0.2, 0.25) is 11.2 Å². The summed E-state index contributed by atoms with van der Waals surface area (Å²) in [6, 6.07) is 10.1. The molecule has 4 aliphatic heterocycles. The van der Waals surface area contributed by atoms with Crippen molar-refractivity contribution in [3.8, 4) is 12.1 Å². The minimum Gasteiger partial charge on any atom is -0.428 e. The highest BCUT2D eigenvalue weighted by atomic mass is 16.7. The number of anilines is 2. The summed E-state index contributed by atoms with van der Waals surface area (Å²) in [5.74, 6) is 0.285. The van der Waals surface area contributed by atoms with E-state index in [0.717, 1.165) is 0 Å². The molecule has 0 spiro atoms. The molecule has 0 bridgehead atoms. The van der Waals surface area contributed by atoms with Crippen LogP contribution >= 0.6 is 0 Å². The second-order valence-corrected chi connectivity index (χ2v) is 13.6. The van der Waals surface area contributed by atoms with Crippen LogP contribution < -0.4 is 11.5 Å². The Morgan fingerprint density at radius 1 is 0.759 bits per heavy atom. The van der Waals surface area contributed by atoms with Crippen molar-refractivity contribution in [2.45, 2.75) is 97.9 Å². The lowest BCUT2D eigenvalue weighted by atomic mass is 9.91. The molecule has 4 aromatic heterocycles. The molecule has 8 N–H and O–H groups in total. The number of hydrogen-bond donors (Lipinski definition) is 6. The Kier molecular flexibility index (Phi) is 8.99. The third-order valence-electron chi connectivity index (χ3n) is 10.7. The van der Waals surface area contributed by atoms with Crippen LogP contribution in [0.3, 0.4) is 0 Å². The van der Waals surface area contributed by atoms with Gasteiger partial charge in [0.1, 0.15) is 72.5 Å². The molecule has 8 heterocycles. The fourth-order valence-corrected chi connectivity index (χ4v) is 7.91. The number of carbonyl (C=O) groups excluding carboxylic acids is 1. The Labute approximate surface area is 305 Å². The third kappa shape index (κ3) is 5.56. The first-order valence-corrected chi connectivity index (χ1v) is 17.2. The normalized spacial score (nSPS) is 36.4. The zero-order valence-electron chi connectivity index (χ0n) is 28.4. The van der Waals surface area contributed by atoms with Crippen molar-refractivity contribution in [1.29, 1.82) is 10.5 Å². The molecule has 4 saturated heterocycles. The van der Waals surface area contributed by atoms with Crippen molar-refractivity contribution in [1.82, 2.24) is 29.2 Å². The zero-order chi connectivity index (χ0) is 37.9. The highest BCUT2D eigenvalue weighted by Crippen LogP contribution is 2.44. The second-order valence-electron chi connectivity index (χ2n) is 13.6. The standard InChI is InChI=1S/C33H36N10O11/c34-11-32(23-3-1-15-29(36)38-13-40-42(15)23)27(46)25(44)21(53-32)9-19-17(5-7-49-19)51-31(48)52-18-6-8-50-20(18)10-22-26(45)28(47)33(12-35,54-22)24-4-2-16-30(37)39-14-41-43(16)24/h1-4,13-14,17-22,25-28,44-47H,5-10H2,(H2,36,38,40)(H2,37,39,41)/t17?,18?,19?,20?,21-,22-,25-,26-,27-,28-,32+,33+/m1/s1. The van der Waals surface area contributed by atoms with Crippen molar-refractivity contribution < 1.29 is 53.6 Å². The molecule has 0 saturated carbocycles. The highest BCUT2D eigenvalue weighted by Gasteiger charge is 2.60. The summed E-state index contributed by atoms with van der Waals surface area (Å²) in [4.78, 5) is 21.0. The molecule has 8 rings (SSSR count). The number of ether oxygens (including phenoxy) is 6. The molecule has 54 heavy (non-hydrogen) atoms. The predicted octanol–water partition coefficient (Wildman–Crippen LogP) is -1.44. The number of nitrogens with zero attached hydrogens (tertiary/aromatic N) is 8. The number of hydrogen-bond acceptors (Lipinski definition) is 19. The van der Waals surface area contributed by atoms with Gasteiger partial charge in [-0.3, -0.25) is 0 Å². The van der Waals surface area contributed by atoms with Gasteiger partial charge in [0, 0.05) is 25.7 Å². The van der Waals surface area contributed by atoms with Gasteiger partial charge in [-0.1, -0.05) is 0 Å². The number of nitriles is 2. The quantitative estimate of drug-likeness (QED) is 0.112. The molecule has 0 amide bonds. The van der Waals surface area contributed by atoms with Gasteiger partial charge in [0.05, 0.1) is 49.0 Å². The van der Waals surface area contributed by atoms with Gasteiger partial charge in [-0.25, -0.2) is 23.8 Å². The van der Waals surface area contributed by atoms with Crippen LogP contribution in [0.15, 0.2) is 36.9 Å². The number of nitrogen functional groups attached to an aromatic ring is 2. The minimum atomic E-state index is -2.01. The number of carbonyl (C=O) groups is 1. The number of nitrogens with two attached hydrogens (primary N) is 2. The van der Waals surface area contributed by atoms with E-state index < -0.39 is 78.4 Å². The highest BCUT2D eigenvalue weighted by molar-refractivity contribution is 5.67. The predicted molar refractivity (Wildman–Crippen MR) is 176 cm³/mol. The number of aliphatic hydroxyl groups is 4. The lowest BCUT2D eigenvalue weighted by Gasteiger charge is -2.26. The van der Waals surface area contributed by atoms with E-state index >= 15 is 0 Å². The van der Waals surface area contributed by atoms with E-state index in [-0.39, 0.29) is 49.1 Å². The SMILES string of the molecule is N#C[C@@]1(c2ccc3c(N)ncnn23)O[C@H](CC2OCCC2OC(=O)OC2CCOC2C[C@H]2O[C@@](C#N)(c3ccc4c(N)ncnn34)[C@H](O)[C@@H]2O)[C@@H](O)[C@H]1O. The summed E-state index contributed by atoms with van der Waals surface area (Å²) in [5, 5.41) is 73.1. The van der Waals surface area contributed by atoms with Crippen molar-refractivity contribution in [3.63, 3.8) is 0 Å². The van der Waals surface area contributed by atoms with Crippen molar-refractivity contribution in [2.75, 3.05) is 24.7 Å². The number of rotatable bonds is 8. The van der Waals surface area contributed by atoms with Gasteiger partial charge in [-0.05, 0) is 24.3 Å². The number of aromatic nitrogens is 6. The molecule has 21 heteroatoms. The van der Waals surface area contributed by atoms with Crippen LogP contribution in [0.25, 0.3) is 11.0 Å². The van der Waals surface area contributed by atoms with E-state index in [0.29, 0.717) is 23.9 Å². The summed E-state index contributed by atoms with van der Waals surface area (Å²) in [5.41, 5.74) is 8.88. The van der Waals surface area contributed by atoms with E-state index in [1.54, 1.807) is 12.1 Å². The van der Waals surface area contributed by atoms with E-state index in [4.69, 9.17) is 39.9 Å². The summed E-state index contributed by atoms with van der Waals surface area (Å²) < 4.78 is 37.7. The molecule has 4 aromatic rings. The maximum Gasteiger partial charge on any atom is 0.509 e. The number of fused-ring (bicyclic) bond motifs is 2. The van der Waals surface area contributed by atoms with Gasteiger partial charge >= 0.3 is 6.16 Å². The Morgan fingerprint density at radius 3 is 1.59 bits per heavy atom.